The third kappa shape index (κ3) is 9.22. The largest absolute Gasteiger partial charge is 0.457 e. The Morgan fingerprint density at radius 1 is 1.24 bits per heavy atom. The topological polar surface area (TPSA) is 129 Å². The number of nitrogens with zero attached hydrogens (tertiary/aromatic N) is 2. The number of rotatable bonds is 9. The van der Waals surface area contributed by atoms with Crippen molar-refractivity contribution in [3.8, 4) is 0 Å². The van der Waals surface area contributed by atoms with Crippen molar-refractivity contribution in [3.05, 3.63) is 36.0 Å². The highest BCUT2D eigenvalue weighted by Crippen LogP contribution is 2.43. The first-order valence-electron chi connectivity index (χ1n) is 17.2. The van der Waals surface area contributed by atoms with E-state index >= 15 is 0 Å². The zero-order chi connectivity index (χ0) is 34.0. The first-order chi connectivity index (χ1) is 21.4. The molecule has 46 heavy (non-hydrogen) atoms. The quantitative estimate of drug-likeness (QED) is 0.113. The number of esters is 1. The zero-order valence-electron chi connectivity index (χ0n) is 29.2. The van der Waals surface area contributed by atoms with Crippen molar-refractivity contribution in [2.75, 3.05) is 40.3 Å². The average Bonchev–Trinajstić information content (AvgIpc) is 3.71. The Bertz CT molecular complexity index is 1160. The molecule has 3 saturated heterocycles. The Balaban J connectivity index is 1.41. The van der Waals surface area contributed by atoms with Gasteiger partial charge < -0.3 is 38.9 Å². The van der Waals surface area contributed by atoms with Gasteiger partial charge in [0.25, 0.3) is 0 Å². The van der Waals surface area contributed by atoms with Crippen molar-refractivity contribution >= 4 is 12.1 Å². The SMILES string of the molecule is CC[C@H](O)[C@@H](C)[C@H]1O[C@@H]1C[C@H](C)C=CC=C(C)[C@H]1OC(=O)C[C@H](O)CC[C@@](C)(O)[C@@H](OC(=O)N2CC3(C2)C[N+](C)(C)C3)C=C[C@@H]1C. The second-order valence-electron chi connectivity index (χ2n) is 15.8. The van der Waals surface area contributed by atoms with E-state index in [0.717, 1.165) is 29.6 Å². The summed E-state index contributed by atoms with van der Waals surface area (Å²) in [4.78, 5) is 27.7. The van der Waals surface area contributed by atoms with E-state index in [-0.39, 0.29) is 60.7 Å². The second kappa shape index (κ2) is 14.5. The fourth-order valence-electron chi connectivity index (χ4n) is 7.83. The van der Waals surface area contributed by atoms with Crippen LogP contribution in [-0.4, -0.2) is 119 Å². The summed E-state index contributed by atoms with van der Waals surface area (Å²) in [5, 5.41) is 32.2. The number of epoxide rings is 1. The van der Waals surface area contributed by atoms with Crippen LogP contribution in [0.25, 0.3) is 0 Å². The number of quaternary nitrogens is 1. The number of aliphatic hydroxyl groups excluding tert-OH is 2. The van der Waals surface area contributed by atoms with E-state index in [2.05, 4.69) is 27.1 Å². The average molecular weight is 648 g/mol. The third-order valence-electron chi connectivity index (χ3n) is 10.4. The van der Waals surface area contributed by atoms with Crippen LogP contribution >= 0.6 is 0 Å². The predicted octanol–water partition coefficient (Wildman–Crippen LogP) is 3.99. The van der Waals surface area contributed by atoms with E-state index in [1.165, 1.54) is 0 Å². The molecule has 0 aromatic rings. The molecule has 0 radical (unpaired) electrons. The summed E-state index contributed by atoms with van der Waals surface area (Å²) in [6.07, 6.45) is 8.13. The molecular formula is C36H59N2O8+. The van der Waals surface area contributed by atoms with Crippen LogP contribution in [0.4, 0.5) is 4.79 Å². The molecule has 0 saturated carbocycles. The van der Waals surface area contributed by atoms with Gasteiger partial charge >= 0.3 is 12.1 Å². The summed E-state index contributed by atoms with van der Waals surface area (Å²) >= 11 is 0. The van der Waals surface area contributed by atoms with Gasteiger partial charge in [-0.25, -0.2) is 4.79 Å². The molecule has 260 valence electrons. The number of cyclic esters (lactones) is 1. The summed E-state index contributed by atoms with van der Waals surface area (Å²) in [6, 6.07) is 0. The summed E-state index contributed by atoms with van der Waals surface area (Å²) < 4.78 is 18.6. The first-order valence-corrected chi connectivity index (χ1v) is 17.2. The summed E-state index contributed by atoms with van der Waals surface area (Å²) in [7, 11) is 4.38. The van der Waals surface area contributed by atoms with E-state index in [0.29, 0.717) is 19.5 Å². The summed E-state index contributed by atoms with van der Waals surface area (Å²) in [5.74, 6) is -0.430. The van der Waals surface area contributed by atoms with E-state index in [4.69, 9.17) is 14.2 Å². The Kier molecular flexibility index (Phi) is 11.5. The van der Waals surface area contributed by atoms with E-state index in [1.807, 2.05) is 45.9 Å². The lowest BCUT2D eigenvalue weighted by atomic mass is 9.72. The fraction of sp³-hybridized carbons (Fsp3) is 0.778. The Morgan fingerprint density at radius 2 is 1.91 bits per heavy atom. The lowest BCUT2D eigenvalue weighted by molar-refractivity contribution is -0.952. The Hall–Kier alpha value is -2.24. The number of aliphatic hydroxyl groups is 3. The first kappa shape index (κ1) is 36.6. The van der Waals surface area contributed by atoms with Crippen LogP contribution < -0.4 is 0 Å². The molecule has 10 atom stereocenters. The lowest BCUT2D eigenvalue weighted by Gasteiger charge is -2.61. The normalized spacial score (nSPS) is 36.5. The maximum absolute atomic E-state index is 13.1. The smallest absolute Gasteiger partial charge is 0.410 e. The number of amides is 1. The van der Waals surface area contributed by atoms with Crippen molar-refractivity contribution in [2.24, 2.45) is 23.2 Å². The number of hydrogen-bond donors (Lipinski definition) is 3. The van der Waals surface area contributed by atoms with Gasteiger partial charge in [0.1, 0.15) is 17.1 Å². The molecule has 1 amide bonds. The molecule has 4 rings (SSSR count). The van der Waals surface area contributed by atoms with Gasteiger partial charge in [-0.15, -0.1) is 0 Å². The van der Waals surface area contributed by atoms with Crippen LogP contribution in [0.1, 0.15) is 73.6 Å². The van der Waals surface area contributed by atoms with E-state index in [1.54, 1.807) is 17.9 Å². The van der Waals surface area contributed by atoms with Gasteiger partial charge in [0, 0.05) is 24.9 Å². The molecule has 4 aliphatic heterocycles. The molecule has 10 heteroatoms. The molecule has 0 unspecified atom stereocenters. The van der Waals surface area contributed by atoms with Crippen LogP contribution in [0.3, 0.4) is 0 Å². The van der Waals surface area contributed by atoms with Gasteiger partial charge in [0.15, 0.2) is 6.10 Å². The number of carbonyl (C=O) groups is 2. The van der Waals surface area contributed by atoms with Crippen LogP contribution in [0, 0.1) is 23.2 Å². The van der Waals surface area contributed by atoms with Gasteiger partial charge in [0.05, 0.1) is 58.0 Å². The van der Waals surface area contributed by atoms with Crippen molar-refractivity contribution in [2.45, 2.75) is 116 Å². The standard InChI is InChI=1S/C36H59N2O8/c1-9-28(40)26(5)33-29(44-33)17-23(2)11-10-12-24(3)32-25(4)13-14-30(35(6,43)16-15-27(39)18-31(41)46-32)45-34(42)37-19-36(20-37)21-38(7,8)22-36/h10-14,23,25-30,32-33,39-40,43H,9,15-22H2,1-8H3/q+1/t23-,25+,26-,27-,28+,29-,30+,32-,33-,35-/m1/s1. The van der Waals surface area contributed by atoms with Crippen LogP contribution in [0.15, 0.2) is 36.0 Å². The monoisotopic (exact) mass is 647 g/mol. The molecule has 4 aliphatic rings. The molecule has 10 nitrogen and oxygen atoms in total. The minimum Gasteiger partial charge on any atom is -0.457 e. The van der Waals surface area contributed by atoms with Crippen molar-refractivity contribution in [1.29, 1.82) is 0 Å². The summed E-state index contributed by atoms with van der Waals surface area (Å²) in [6.45, 7) is 15.0. The van der Waals surface area contributed by atoms with Gasteiger partial charge in [-0.05, 0) is 57.1 Å². The van der Waals surface area contributed by atoms with E-state index in [9.17, 15) is 24.9 Å². The molecule has 4 heterocycles. The molecule has 0 aromatic heterocycles. The van der Waals surface area contributed by atoms with Crippen LogP contribution in [0.5, 0.6) is 0 Å². The lowest BCUT2D eigenvalue weighted by Crippen LogP contribution is -2.77. The molecule has 3 fully saturated rings. The number of ether oxygens (including phenoxy) is 3. The van der Waals surface area contributed by atoms with Crippen molar-refractivity contribution < 1.29 is 43.6 Å². The number of likely N-dealkylation sites (tertiary alicyclic amines) is 2. The highest BCUT2D eigenvalue weighted by Gasteiger charge is 2.60. The van der Waals surface area contributed by atoms with Gasteiger partial charge in [-0.1, -0.05) is 52.0 Å². The highest BCUT2D eigenvalue weighted by molar-refractivity contribution is 5.71. The molecule has 3 N–H and O–H groups in total. The van der Waals surface area contributed by atoms with Gasteiger partial charge in [0.2, 0.25) is 0 Å². The Morgan fingerprint density at radius 3 is 2.54 bits per heavy atom. The highest BCUT2D eigenvalue weighted by atomic mass is 16.6. The van der Waals surface area contributed by atoms with Crippen LogP contribution in [-0.2, 0) is 19.0 Å². The molecule has 1 spiro atoms. The van der Waals surface area contributed by atoms with Crippen molar-refractivity contribution in [3.63, 3.8) is 0 Å². The second-order valence-corrected chi connectivity index (χ2v) is 15.8. The number of allylic oxidation sites excluding steroid dienone is 3. The van der Waals surface area contributed by atoms with Gasteiger partial charge in [-0.2, -0.15) is 0 Å². The van der Waals surface area contributed by atoms with Crippen molar-refractivity contribution in [1.82, 2.24) is 4.90 Å². The molecular weight excluding hydrogens is 588 g/mol. The summed E-state index contributed by atoms with van der Waals surface area (Å²) in [5.41, 5.74) is -0.442. The predicted molar refractivity (Wildman–Crippen MR) is 176 cm³/mol. The maximum Gasteiger partial charge on any atom is 0.410 e. The maximum atomic E-state index is 13.1. The van der Waals surface area contributed by atoms with Crippen LogP contribution in [0.2, 0.25) is 0 Å². The minimum absolute atomic E-state index is 0.0996. The fourth-order valence-corrected chi connectivity index (χ4v) is 7.83. The number of carbonyl (C=O) groups excluding carboxylic acids is 2. The molecule has 0 bridgehead atoms. The third-order valence-corrected chi connectivity index (χ3v) is 10.4. The zero-order valence-corrected chi connectivity index (χ0v) is 29.2. The Labute approximate surface area is 275 Å². The van der Waals surface area contributed by atoms with Gasteiger partial charge in [-0.3, -0.25) is 4.79 Å². The minimum atomic E-state index is -1.44. The molecule has 0 aromatic carbocycles. The molecule has 0 aliphatic carbocycles. The number of hydrogen-bond acceptors (Lipinski definition) is 8. The van der Waals surface area contributed by atoms with E-state index < -0.39 is 36.0 Å².